The number of aromatic nitrogens is 1. The van der Waals surface area contributed by atoms with Crippen LogP contribution in [0.15, 0.2) is 18.2 Å². The third-order valence-corrected chi connectivity index (χ3v) is 3.76. The fraction of sp³-hybridized carbons (Fsp3) is 0.538. The van der Waals surface area contributed by atoms with E-state index in [0.29, 0.717) is 23.6 Å². The van der Waals surface area contributed by atoms with Gasteiger partial charge in [0.2, 0.25) is 0 Å². The second-order valence-corrected chi connectivity index (χ2v) is 5.13. The maximum absolute atomic E-state index is 12.4. The number of nitrogens with two attached hydrogens (primary N) is 1. The number of anilines is 1. The number of piperazine rings is 1. The summed E-state index contributed by atoms with van der Waals surface area (Å²) in [6, 6.07) is 5.92. The molecule has 2 atom stereocenters. The number of carbonyl (C=O) groups is 1. The Morgan fingerprint density at radius 1 is 1.37 bits per heavy atom. The predicted octanol–water partition coefficient (Wildman–Crippen LogP) is 0.532. The SMILES string of the molecule is CC1CN(C(=O)c2cccc(NN)n2)CC(C)N1C. The van der Waals surface area contributed by atoms with Gasteiger partial charge >= 0.3 is 0 Å². The number of hydrogen-bond acceptors (Lipinski definition) is 5. The Morgan fingerprint density at radius 2 is 2.00 bits per heavy atom. The Kier molecular flexibility index (Phi) is 4.01. The molecule has 2 heterocycles. The van der Waals surface area contributed by atoms with Crippen LogP contribution in [0.25, 0.3) is 0 Å². The predicted molar refractivity (Wildman–Crippen MR) is 74.6 cm³/mol. The Labute approximate surface area is 113 Å². The van der Waals surface area contributed by atoms with Crippen LogP contribution in [0.5, 0.6) is 0 Å². The van der Waals surface area contributed by atoms with Crippen LogP contribution in [0, 0.1) is 0 Å². The van der Waals surface area contributed by atoms with E-state index in [0.717, 1.165) is 13.1 Å². The number of rotatable bonds is 2. The minimum Gasteiger partial charge on any atom is -0.334 e. The molecule has 3 N–H and O–H groups in total. The van der Waals surface area contributed by atoms with Gasteiger partial charge in [-0.3, -0.25) is 9.69 Å². The van der Waals surface area contributed by atoms with Crippen LogP contribution in [-0.4, -0.2) is 52.9 Å². The molecule has 1 amide bonds. The molecule has 19 heavy (non-hydrogen) atoms. The molecule has 0 radical (unpaired) electrons. The molecule has 2 unspecified atom stereocenters. The molecule has 0 bridgehead atoms. The number of pyridine rings is 1. The van der Waals surface area contributed by atoms with Crippen LogP contribution in [0.4, 0.5) is 5.82 Å². The summed E-state index contributed by atoms with van der Waals surface area (Å²) < 4.78 is 0. The van der Waals surface area contributed by atoms with Gasteiger partial charge in [0.05, 0.1) is 0 Å². The molecule has 1 aliphatic heterocycles. The lowest BCUT2D eigenvalue weighted by Gasteiger charge is -2.42. The summed E-state index contributed by atoms with van der Waals surface area (Å²) in [4.78, 5) is 20.8. The lowest BCUT2D eigenvalue weighted by molar-refractivity contribution is 0.0409. The highest BCUT2D eigenvalue weighted by Gasteiger charge is 2.30. The number of hydrazine groups is 1. The van der Waals surface area contributed by atoms with Gasteiger partial charge in [-0.25, -0.2) is 10.8 Å². The van der Waals surface area contributed by atoms with E-state index < -0.39 is 0 Å². The molecule has 1 aromatic rings. The van der Waals surface area contributed by atoms with E-state index in [1.54, 1.807) is 18.2 Å². The van der Waals surface area contributed by atoms with Gasteiger partial charge in [0.25, 0.3) is 5.91 Å². The summed E-state index contributed by atoms with van der Waals surface area (Å²) in [6.45, 7) is 5.70. The number of nitrogens with one attached hydrogen (secondary N) is 1. The van der Waals surface area contributed by atoms with Crippen LogP contribution >= 0.6 is 0 Å². The van der Waals surface area contributed by atoms with E-state index in [-0.39, 0.29) is 5.91 Å². The standard InChI is InChI=1S/C13H21N5O/c1-9-7-18(8-10(2)17(9)3)13(19)11-5-4-6-12(15-11)16-14/h4-6,9-10H,7-8,14H2,1-3H3,(H,15,16). The fourth-order valence-electron chi connectivity index (χ4n) is 2.37. The third kappa shape index (κ3) is 2.85. The van der Waals surface area contributed by atoms with Gasteiger partial charge in [-0.15, -0.1) is 0 Å². The first-order valence-electron chi connectivity index (χ1n) is 6.47. The topological polar surface area (TPSA) is 74.5 Å². The molecule has 1 aromatic heterocycles. The lowest BCUT2D eigenvalue weighted by atomic mass is 10.1. The van der Waals surface area contributed by atoms with Gasteiger partial charge < -0.3 is 10.3 Å². The van der Waals surface area contributed by atoms with Gasteiger partial charge in [-0.2, -0.15) is 0 Å². The Hall–Kier alpha value is -1.66. The van der Waals surface area contributed by atoms with Crippen molar-refractivity contribution >= 4 is 11.7 Å². The number of hydrogen-bond donors (Lipinski definition) is 2. The van der Waals surface area contributed by atoms with Gasteiger partial charge in [0.1, 0.15) is 11.5 Å². The summed E-state index contributed by atoms with van der Waals surface area (Å²) in [5.74, 6) is 5.78. The van der Waals surface area contributed by atoms with Crippen LogP contribution in [0.2, 0.25) is 0 Å². The van der Waals surface area contributed by atoms with Gasteiger partial charge in [-0.1, -0.05) is 6.07 Å². The van der Waals surface area contributed by atoms with Crippen molar-refractivity contribution < 1.29 is 4.79 Å². The number of nitrogen functional groups attached to an aromatic ring is 1. The van der Waals surface area contributed by atoms with Crippen molar-refractivity contribution in [3.05, 3.63) is 23.9 Å². The normalized spacial score (nSPS) is 24.3. The smallest absolute Gasteiger partial charge is 0.272 e. The van der Waals surface area contributed by atoms with Crippen molar-refractivity contribution in [2.75, 3.05) is 25.6 Å². The second kappa shape index (κ2) is 5.54. The zero-order valence-electron chi connectivity index (χ0n) is 11.6. The molecule has 0 aromatic carbocycles. The molecule has 2 rings (SSSR count). The number of nitrogens with zero attached hydrogens (tertiary/aromatic N) is 3. The van der Waals surface area contributed by atoms with E-state index in [9.17, 15) is 4.79 Å². The molecule has 0 saturated carbocycles. The molecule has 0 spiro atoms. The molecule has 6 nitrogen and oxygen atoms in total. The second-order valence-electron chi connectivity index (χ2n) is 5.13. The highest BCUT2D eigenvalue weighted by Crippen LogP contribution is 2.16. The first kappa shape index (κ1) is 13.8. The third-order valence-electron chi connectivity index (χ3n) is 3.76. The van der Waals surface area contributed by atoms with Crippen molar-refractivity contribution in [3.8, 4) is 0 Å². The molecule has 0 aliphatic carbocycles. The van der Waals surface area contributed by atoms with Crippen molar-refractivity contribution in [3.63, 3.8) is 0 Å². The number of likely N-dealkylation sites (N-methyl/N-ethyl adjacent to an activating group) is 1. The summed E-state index contributed by atoms with van der Waals surface area (Å²) in [5, 5.41) is 0. The van der Waals surface area contributed by atoms with Crippen LogP contribution in [0.1, 0.15) is 24.3 Å². The van der Waals surface area contributed by atoms with Crippen molar-refractivity contribution in [1.82, 2.24) is 14.8 Å². The molecular formula is C13H21N5O. The van der Waals surface area contributed by atoms with Crippen molar-refractivity contribution in [2.24, 2.45) is 5.84 Å². The molecule has 1 fully saturated rings. The molecular weight excluding hydrogens is 242 g/mol. The van der Waals surface area contributed by atoms with Crippen molar-refractivity contribution in [1.29, 1.82) is 0 Å². The van der Waals surface area contributed by atoms with Crippen LogP contribution in [-0.2, 0) is 0 Å². The fourth-order valence-corrected chi connectivity index (χ4v) is 2.37. The minimum absolute atomic E-state index is 0.0381. The van der Waals surface area contributed by atoms with E-state index >= 15 is 0 Å². The molecule has 1 saturated heterocycles. The first-order chi connectivity index (χ1) is 9.02. The Morgan fingerprint density at radius 3 is 2.58 bits per heavy atom. The lowest BCUT2D eigenvalue weighted by Crippen LogP contribution is -2.56. The largest absolute Gasteiger partial charge is 0.334 e. The number of carbonyl (C=O) groups excluding carboxylic acids is 1. The highest BCUT2D eigenvalue weighted by atomic mass is 16.2. The molecule has 6 heteroatoms. The van der Waals surface area contributed by atoms with Gasteiger partial charge in [-0.05, 0) is 33.0 Å². The maximum atomic E-state index is 12.4. The Balaban J connectivity index is 2.15. The average Bonchev–Trinajstić information content (AvgIpc) is 2.43. The zero-order valence-corrected chi connectivity index (χ0v) is 11.6. The van der Waals surface area contributed by atoms with Crippen LogP contribution < -0.4 is 11.3 Å². The summed E-state index contributed by atoms with van der Waals surface area (Å²) in [7, 11) is 2.09. The van der Waals surface area contributed by atoms with Gasteiger partial charge in [0.15, 0.2) is 0 Å². The maximum Gasteiger partial charge on any atom is 0.272 e. The molecule has 1 aliphatic rings. The number of amides is 1. The first-order valence-corrected chi connectivity index (χ1v) is 6.47. The van der Waals surface area contributed by atoms with E-state index in [2.05, 4.69) is 36.2 Å². The quantitative estimate of drug-likeness (QED) is 0.601. The summed E-state index contributed by atoms with van der Waals surface area (Å²) in [6.07, 6.45) is 0. The van der Waals surface area contributed by atoms with E-state index in [1.165, 1.54) is 0 Å². The van der Waals surface area contributed by atoms with Crippen molar-refractivity contribution in [2.45, 2.75) is 25.9 Å². The van der Waals surface area contributed by atoms with E-state index in [4.69, 9.17) is 5.84 Å². The minimum atomic E-state index is -0.0381. The summed E-state index contributed by atoms with van der Waals surface area (Å²) >= 11 is 0. The van der Waals surface area contributed by atoms with Crippen LogP contribution in [0.3, 0.4) is 0 Å². The monoisotopic (exact) mass is 263 g/mol. The zero-order chi connectivity index (χ0) is 14.0. The molecule has 104 valence electrons. The Bertz CT molecular complexity index is 452. The van der Waals surface area contributed by atoms with E-state index in [1.807, 2.05) is 4.90 Å². The summed E-state index contributed by atoms with van der Waals surface area (Å²) in [5.41, 5.74) is 2.89. The van der Waals surface area contributed by atoms with Gasteiger partial charge in [0, 0.05) is 25.2 Å². The highest BCUT2D eigenvalue weighted by molar-refractivity contribution is 5.92. The average molecular weight is 263 g/mol.